The number of ether oxygens (including phenoxy) is 2. The van der Waals surface area contributed by atoms with Crippen LogP contribution in [0.15, 0.2) is 18.3 Å². The Balaban J connectivity index is 1.59. The molecule has 4 heteroatoms. The van der Waals surface area contributed by atoms with Gasteiger partial charge in [-0.3, -0.25) is 4.90 Å². The minimum atomic E-state index is 0.490. The summed E-state index contributed by atoms with van der Waals surface area (Å²) in [5.74, 6) is 2.15. The van der Waals surface area contributed by atoms with Crippen molar-refractivity contribution in [1.82, 2.24) is 9.88 Å². The van der Waals surface area contributed by atoms with Crippen LogP contribution in [0, 0.1) is 11.8 Å². The molecule has 4 nitrogen and oxygen atoms in total. The van der Waals surface area contributed by atoms with Crippen molar-refractivity contribution < 1.29 is 9.47 Å². The number of nitrogens with zero attached hydrogens (tertiary/aromatic N) is 2. The van der Waals surface area contributed by atoms with E-state index in [4.69, 9.17) is 9.47 Å². The van der Waals surface area contributed by atoms with Gasteiger partial charge in [0.1, 0.15) is 0 Å². The van der Waals surface area contributed by atoms with E-state index in [1.807, 2.05) is 26.3 Å². The van der Waals surface area contributed by atoms with Crippen molar-refractivity contribution in [3.05, 3.63) is 23.9 Å². The third-order valence-corrected chi connectivity index (χ3v) is 4.59. The summed E-state index contributed by atoms with van der Waals surface area (Å²) < 4.78 is 11.0. The molecule has 1 saturated carbocycles. The molecule has 0 aromatic carbocycles. The summed E-state index contributed by atoms with van der Waals surface area (Å²) in [5, 5.41) is 0. The van der Waals surface area contributed by atoms with E-state index in [1.54, 1.807) is 0 Å². The van der Waals surface area contributed by atoms with E-state index >= 15 is 0 Å². The van der Waals surface area contributed by atoms with Crippen molar-refractivity contribution in [1.29, 1.82) is 0 Å². The number of likely N-dealkylation sites (tertiary alicyclic amines) is 1. The topological polar surface area (TPSA) is 34.6 Å². The monoisotopic (exact) mass is 276 g/mol. The van der Waals surface area contributed by atoms with E-state index in [1.165, 1.54) is 18.4 Å². The smallest absolute Gasteiger partial charge is 0.213 e. The third-order valence-electron chi connectivity index (χ3n) is 4.59. The normalized spacial score (nSPS) is 29.6. The average molecular weight is 276 g/mol. The van der Waals surface area contributed by atoms with Gasteiger partial charge >= 0.3 is 0 Å². The third kappa shape index (κ3) is 2.81. The molecule has 1 aromatic heterocycles. The zero-order valence-corrected chi connectivity index (χ0v) is 12.4. The molecule has 1 unspecified atom stereocenters. The molecular formula is C16H24N2O2. The van der Waals surface area contributed by atoms with Gasteiger partial charge in [-0.25, -0.2) is 4.98 Å². The lowest BCUT2D eigenvalue weighted by molar-refractivity contribution is -0.0180. The molecule has 1 aliphatic heterocycles. The Bertz CT molecular complexity index is 421. The first-order valence-electron chi connectivity index (χ1n) is 7.63. The number of hydrogen-bond donors (Lipinski definition) is 0. The van der Waals surface area contributed by atoms with Crippen LogP contribution in [0.3, 0.4) is 0 Å². The fraction of sp³-hybridized carbons (Fsp3) is 0.688. The highest BCUT2D eigenvalue weighted by molar-refractivity contribution is 5.18. The van der Waals surface area contributed by atoms with Crippen LogP contribution >= 0.6 is 0 Å². The lowest BCUT2D eigenvalue weighted by Gasteiger charge is -2.37. The first kappa shape index (κ1) is 13.8. The van der Waals surface area contributed by atoms with Crippen LogP contribution in [0.4, 0.5) is 0 Å². The maximum atomic E-state index is 5.66. The predicted octanol–water partition coefficient (Wildman–Crippen LogP) is 2.34. The van der Waals surface area contributed by atoms with Gasteiger partial charge in [-0.1, -0.05) is 6.07 Å². The van der Waals surface area contributed by atoms with Gasteiger partial charge in [-0.2, -0.15) is 0 Å². The number of methoxy groups -OCH3 is 1. The zero-order chi connectivity index (χ0) is 13.9. The second-order valence-corrected chi connectivity index (χ2v) is 5.93. The Labute approximate surface area is 121 Å². The number of piperidine rings is 1. The van der Waals surface area contributed by atoms with E-state index in [-0.39, 0.29) is 0 Å². The summed E-state index contributed by atoms with van der Waals surface area (Å²) in [6, 6.07) is 4.09. The van der Waals surface area contributed by atoms with E-state index < -0.39 is 0 Å². The maximum absolute atomic E-state index is 5.66. The Hall–Kier alpha value is -1.13. The lowest BCUT2D eigenvalue weighted by atomic mass is 9.94. The molecule has 0 N–H and O–H groups in total. The molecule has 3 rings (SSSR count). The van der Waals surface area contributed by atoms with Crippen molar-refractivity contribution in [2.45, 2.75) is 32.4 Å². The largest absolute Gasteiger partial charge is 0.478 e. The quantitative estimate of drug-likeness (QED) is 0.827. The summed E-state index contributed by atoms with van der Waals surface area (Å²) in [6.45, 7) is 5.94. The first-order valence-corrected chi connectivity index (χ1v) is 7.63. The minimum absolute atomic E-state index is 0.490. The maximum Gasteiger partial charge on any atom is 0.213 e. The van der Waals surface area contributed by atoms with Crippen molar-refractivity contribution in [2.24, 2.45) is 11.8 Å². The van der Waals surface area contributed by atoms with Gasteiger partial charge in [0.15, 0.2) is 0 Å². The van der Waals surface area contributed by atoms with Gasteiger partial charge in [-0.05, 0) is 37.2 Å². The first-order chi connectivity index (χ1) is 9.80. The van der Waals surface area contributed by atoms with Crippen LogP contribution in [-0.4, -0.2) is 42.8 Å². The molecule has 2 bridgehead atoms. The Kier molecular flexibility index (Phi) is 4.22. The van der Waals surface area contributed by atoms with E-state index in [9.17, 15) is 0 Å². The molecule has 2 heterocycles. The molecule has 1 saturated heterocycles. The average Bonchev–Trinajstić information content (AvgIpc) is 2.71. The number of aromatic nitrogens is 1. The summed E-state index contributed by atoms with van der Waals surface area (Å²) >= 11 is 0. The number of rotatable bonds is 5. The van der Waals surface area contributed by atoms with Gasteiger partial charge in [-0.15, -0.1) is 0 Å². The molecular weight excluding hydrogens is 252 g/mol. The van der Waals surface area contributed by atoms with Crippen molar-refractivity contribution in [2.75, 3.05) is 26.8 Å². The highest BCUT2D eigenvalue weighted by Crippen LogP contribution is 2.38. The SMILES string of the molecule is CCOc1ccc(CN2C[C@H]3CC[C@@H](C2)C3OC)cn1. The van der Waals surface area contributed by atoms with Crippen molar-refractivity contribution >= 4 is 0 Å². The number of pyridine rings is 1. The second-order valence-electron chi connectivity index (χ2n) is 5.93. The van der Waals surface area contributed by atoms with Gasteiger partial charge in [0.25, 0.3) is 0 Å². The predicted molar refractivity (Wildman–Crippen MR) is 77.7 cm³/mol. The fourth-order valence-corrected chi connectivity index (χ4v) is 3.78. The molecule has 3 atom stereocenters. The molecule has 0 spiro atoms. The molecule has 1 aliphatic carbocycles. The molecule has 2 fully saturated rings. The van der Waals surface area contributed by atoms with Crippen LogP contribution in [-0.2, 0) is 11.3 Å². The minimum Gasteiger partial charge on any atom is -0.478 e. The van der Waals surface area contributed by atoms with E-state index in [0.717, 1.165) is 37.4 Å². The standard InChI is InChI=1S/C16H24N2O2/c1-3-20-15-7-4-12(8-17-15)9-18-10-13-5-6-14(11-18)16(13)19-2/h4,7-8,13-14,16H,3,5-6,9-11H2,1-2H3/t13-,14+,16?. The zero-order valence-electron chi connectivity index (χ0n) is 12.4. The number of hydrogen-bond acceptors (Lipinski definition) is 4. The van der Waals surface area contributed by atoms with Crippen LogP contribution in [0.1, 0.15) is 25.3 Å². The molecule has 110 valence electrons. The van der Waals surface area contributed by atoms with Crippen LogP contribution in [0.25, 0.3) is 0 Å². The van der Waals surface area contributed by atoms with Gasteiger partial charge < -0.3 is 9.47 Å². The van der Waals surface area contributed by atoms with Crippen molar-refractivity contribution in [3.63, 3.8) is 0 Å². The second kappa shape index (κ2) is 6.10. The fourth-order valence-electron chi connectivity index (χ4n) is 3.78. The Morgan fingerprint density at radius 3 is 2.55 bits per heavy atom. The summed E-state index contributed by atoms with van der Waals surface area (Å²) in [4.78, 5) is 6.90. The molecule has 20 heavy (non-hydrogen) atoms. The molecule has 0 radical (unpaired) electrons. The molecule has 1 aromatic rings. The highest BCUT2D eigenvalue weighted by Gasteiger charge is 2.41. The van der Waals surface area contributed by atoms with Gasteiger partial charge in [0.2, 0.25) is 5.88 Å². The summed E-state index contributed by atoms with van der Waals surface area (Å²) in [6.07, 6.45) is 5.07. The van der Waals surface area contributed by atoms with E-state index in [0.29, 0.717) is 12.7 Å². The van der Waals surface area contributed by atoms with Crippen molar-refractivity contribution in [3.8, 4) is 5.88 Å². The number of fused-ring (bicyclic) bond motifs is 2. The van der Waals surface area contributed by atoms with Gasteiger partial charge in [0, 0.05) is 39.0 Å². The summed E-state index contributed by atoms with van der Waals surface area (Å²) in [7, 11) is 1.86. The van der Waals surface area contributed by atoms with Crippen LogP contribution in [0.5, 0.6) is 5.88 Å². The van der Waals surface area contributed by atoms with Gasteiger partial charge in [0.05, 0.1) is 12.7 Å². The molecule has 2 aliphatic rings. The lowest BCUT2D eigenvalue weighted by Crippen LogP contribution is -2.45. The van der Waals surface area contributed by atoms with Crippen LogP contribution in [0.2, 0.25) is 0 Å². The highest BCUT2D eigenvalue weighted by atomic mass is 16.5. The Morgan fingerprint density at radius 2 is 2.00 bits per heavy atom. The molecule has 0 amide bonds. The summed E-state index contributed by atoms with van der Waals surface area (Å²) in [5.41, 5.74) is 1.27. The van der Waals surface area contributed by atoms with Crippen LogP contribution < -0.4 is 4.74 Å². The Morgan fingerprint density at radius 1 is 1.25 bits per heavy atom. The van der Waals surface area contributed by atoms with E-state index in [2.05, 4.69) is 16.0 Å².